The average molecular weight is 204 g/mol. The molecule has 0 bridgehead atoms. The third-order valence-electron chi connectivity index (χ3n) is 0.341. The van der Waals surface area contributed by atoms with Crippen molar-refractivity contribution in [2.75, 3.05) is 0 Å². The molecule has 0 aliphatic heterocycles. The maximum atomic E-state index is 9.04. The molecule has 9 heteroatoms. The number of carbonyl (C=O) groups is 4. The molecule has 8 nitrogen and oxygen atoms in total. The summed E-state index contributed by atoms with van der Waals surface area (Å²) in [5.41, 5.74) is 0. The van der Waals surface area contributed by atoms with Crippen LogP contribution in [0.4, 0.5) is 0 Å². The van der Waals surface area contributed by atoms with Crippen molar-refractivity contribution in [1.82, 2.24) is 0 Å². The van der Waals surface area contributed by atoms with Gasteiger partial charge in [0.1, 0.15) is 0 Å². The fraction of sp³-hybridized carbons (Fsp3) is 0. The van der Waals surface area contributed by atoms with Gasteiger partial charge < -0.3 is 34.8 Å². The second-order valence-corrected chi connectivity index (χ2v) is 1.17. The molecule has 0 heterocycles. The van der Waals surface area contributed by atoms with Gasteiger partial charge in [-0.15, -0.1) is 0 Å². The van der Waals surface area contributed by atoms with Crippen molar-refractivity contribution in [2.24, 2.45) is 0 Å². The van der Waals surface area contributed by atoms with Crippen molar-refractivity contribution in [2.45, 2.75) is 0 Å². The van der Waals surface area contributed by atoms with E-state index in [4.69, 9.17) is 39.6 Å². The van der Waals surface area contributed by atoms with E-state index in [-0.39, 0.29) is 17.4 Å². The Morgan fingerprint density at radius 3 is 0.923 bits per heavy atom. The summed E-state index contributed by atoms with van der Waals surface area (Å²) in [6.07, 6.45) is 0. The van der Waals surface area contributed by atoms with Crippen molar-refractivity contribution in [1.29, 1.82) is 0 Å². The van der Waals surface area contributed by atoms with Crippen LogP contribution in [0.5, 0.6) is 0 Å². The number of aliphatic carboxylic acids is 4. The molecule has 0 atom stereocenters. The molecule has 0 spiro atoms. The second kappa shape index (κ2) is 8.51. The molecule has 0 amide bonds. The fourth-order valence-electron chi connectivity index (χ4n) is 0. The van der Waals surface area contributed by atoms with Crippen LogP contribution in [0.1, 0.15) is 0 Å². The van der Waals surface area contributed by atoms with Crippen LogP contribution in [0, 0.1) is 0 Å². The van der Waals surface area contributed by atoms with Gasteiger partial charge in [0.05, 0.1) is 11.9 Å². The Morgan fingerprint density at radius 1 is 0.769 bits per heavy atom. The first kappa shape index (κ1) is 17.5. The van der Waals surface area contributed by atoms with Crippen LogP contribution in [-0.4, -0.2) is 46.3 Å². The average Bonchev–Trinajstić information content (AvgIpc) is 1.88. The van der Waals surface area contributed by atoms with E-state index in [1.54, 1.807) is 0 Å². The zero-order chi connectivity index (χ0) is 10.3. The van der Waals surface area contributed by atoms with Crippen molar-refractivity contribution < 1.29 is 39.6 Å². The maximum Gasteiger partial charge on any atom is 3.00 e. The molecule has 0 aromatic carbocycles. The predicted molar refractivity (Wildman–Crippen MR) is 28.4 cm³/mol. The van der Waals surface area contributed by atoms with Gasteiger partial charge in [0.2, 0.25) is 0 Å². The quantitative estimate of drug-likeness (QED) is 0.301. The smallest absolute Gasteiger partial charge is 0.543 e. The summed E-state index contributed by atoms with van der Waals surface area (Å²) in [7, 11) is 0. The van der Waals surface area contributed by atoms with Crippen LogP contribution >= 0.6 is 0 Å². The van der Waals surface area contributed by atoms with Gasteiger partial charge in [0.25, 0.3) is 0 Å². The predicted octanol–water partition coefficient (Wildman–Crippen LogP) is -6.07. The minimum Gasteiger partial charge on any atom is -0.543 e. The second-order valence-electron chi connectivity index (χ2n) is 1.17. The summed E-state index contributed by atoms with van der Waals surface area (Å²) in [5.74, 6) is -8.38. The van der Waals surface area contributed by atoms with Gasteiger partial charge in [-0.25, -0.2) is 4.79 Å². The molecule has 0 saturated carbocycles. The Morgan fingerprint density at radius 2 is 0.923 bits per heavy atom. The first-order valence-electron chi connectivity index (χ1n) is 2.15. The van der Waals surface area contributed by atoms with Gasteiger partial charge in [0, 0.05) is 0 Å². The molecule has 0 saturated heterocycles. The van der Waals surface area contributed by atoms with E-state index in [0.717, 1.165) is 0 Å². The molecule has 13 heavy (non-hydrogen) atoms. The summed E-state index contributed by atoms with van der Waals surface area (Å²) in [5, 5.41) is 34.2. The molecule has 0 radical (unpaired) electrons. The zero-order valence-electron chi connectivity index (χ0n) is 5.88. The van der Waals surface area contributed by atoms with Gasteiger partial charge in [-0.3, -0.25) is 0 Å². The molecule has 0 rings (SSSR count). The van der Waals surface area contributed by atoms with E-state index in [9.17, 15) is 0 Å². The molecule has 0 fully saturated rings. The molecule has 0 aromatic rings. The van der Waals surface area contributed by atoms with Crippen LogP contribution in [0.2, 0.25) is 0 Å². The zero-order valence-corrected chi connectivity index (χ0v) is 7.04. The normalized spacial score (nSPS) is 6.77. The van der Waals surface area contributed by atoms with E-state index in [1.807, 2.05) is 0 Å². The monoisotopic (exact) mass is 204 g/mol. The molecule has 0 unspecified atom stereocenters. The third kappa shape index (κ3) is 17.9. The molecule has 68 valence electrons. The summed E-state index contributed by atoms with van der Waals surface area (Å²) < 4.78 is 0. The number of hydrogen-bond donors (Lipinski definition) is 1. The molecular weight excluding hydrogens is 203 g/mol. The van der Waals surface area contributed by atoms with Crippen LogP contribution in [0.3, 0.4) is 0 Å². The van der Waals surface area contributed by atoms with E-state index in [1.165, 1.54) is 0 Å². The topological polar surface area (TPSA) is 158 Å². The van der Waals surface area contributed by atoms with E-state index in [2.05, 4.69) is 0 Å². The van der Waals surface area contributed by atoms with Gasteiger partial charge in [-0.1, -0.05) is 0 Å². The summed E-state index contributed by atoms with van der Waals surface area (Å²) in [6.45, 7) is 0. The molecule has 0 aliphatic carbocycles. The Bertz CT molecular complexity index is 172. The van der Waals surface area contributed by atoms with Crippen molar-refractivity contribution in [3.63, 3.8) is 0 Å². The number of carboxylic acid groups (broad SMARTS) is 4. The SMILES string of the molecule is O=C([O-])C(=O)O.O=C([O-])C(=O)[O-].[Al+3]. The Hall–Kier alpha value is -1.59. The summed E-state index contributed by atoms with van der Waals surface area (Å²) in [6, 6.07) is 0. The first-order chi connectivity index (χ1) is 5.29. The number of carboxylic acids is 4. The van der Waals surface area contributed by atoms with Crippen molar-refractivity contribution in [3.8, 4) is 0 Å². The van der Waals surface area contributed by atoms with Gasteiger partial charge in [-0.05, 0) is 0 Å². The Balaban J connectivity index is -0.000000143. The molecule has 0 aromatic heterocycles. The van der Waals surface area contributed by atoms with Crippen LogP contribution < -0.4 is 15.3 Å². The van der Waals surface area contributed by atoms with Crippen molar-refractivity contribution >= 4 is 41.2 Å². The van der Waals surface area contributed by atoms with Crippen LogP contribution in [0.25, 0.3) is 0 Å². The fourth-order valence-corrected chi connectivity index (χ4v) is 0. The number of carbonyl (C=O) groups excluding carboxylic acids is 3. The summed E-state index contributed by atoms with van der Waals surface area (Å²) in [4.78, 5) is 35.9. The minimum absolute atomic E-state index is 0. The van der Waals surface area contributed by atoms with Crippen LogP contribution in [-0.2, 0) is 19.2 Å². The molecular formula is C4HAlO8. The number of hydrogen-bond acceptors (Lipinski definition) is 7. The minimum atomic E-state index is -2.19. The molecule has 0 aliphatic rings. The van der Waals surface area contributed by atoms with E-state index >= 15 is 0 Å². The Labute approximate surface area is 81.5 Å². The van der Waals surface area contributed by atoms with Gasteiger partial charge in [-0.2, -0.15) is 0 Å². The largest absolute Gasteiger partial charge is 3.00 e. The number of rotatable bonds is 0. The van der Waals surface area contributed by atoms with E-state index < -0.39 is 23.9 Å². The Kier molecular flexibility index (Phi) is 11.4. The van der Waals surface area contributed by atoms with E-state index in [0.29, 0.717) is 0 Å². The van der Waals surface area contributed by atoms with Gasteiger partial charge >= 0.3 is 23.3 Å². The van der Waals surface area contributed by atoms with Gasteiger partial charge in [0.15, 0.2) is 5.97 Å². The molecule has 1 N–H and O–H groups in total. The first-order valence-corrected chi connectivity index (χ1v) is 2.15. The van der Waals surface area contributed by atoms with Crippen molar-refractivity contribution in [3.05, 3.63) is 0 Å². The third-order valence-corrected chi connectivity index (χ3v) is 0.341. The maximum absolute atomic E-state index is 9.04. The standard InChI is InChI=1S/2C2H2O4.Al/c2*3-1(4)2(5)6;/h2*(H,3,4)(H,5,6);/q;;+3/p-3. The van der Waals surface area contributed by atoms with Crippen LogP contribution in [0.15, 0.2) is 0 Å². The summed E-state index contributed by atoms with van der Waals surface area (Å²) >= 11 is 0.